The van der Waals surface area contributed by atoms with E-state index in [0.29, 0.717) is 11.3 Å². The van der Waals surface area contributed by atoms with Gasteiger partial charge in [0.15, 0.2) is 0 Å². The first-order valence-electron chi connectivity index (χ1n) is 9.97. The third-order valence-electron chi connectivity index (χ3n) is 5.72. The lowest BCUT2D eigenvalue weighted by atomic mass is 10.1. The maximum atomic E-state index is 12.9. The average molecular weight is 395 g/mol. The summed E-state index contributed by atoms with van der Waals surface area (Å²) in [4.78, 5) is 27.5. The molecule has 0 fully saturated rings. The fourth-order valence-corrected chi connectivity index (χ4v) is 4.13. The molecule has 0 saturated heterocycles. The van der Waals surface area contributed by atoms with Crippen molar-refractivity contribution in [2.45, 2.75) is 6.42 Å². The van der Waals surface area contributed by atoms with Crippen LogP contribution in [0.1, 0.15) is 15.9 Å². The molecule has 1 aliphatic rings. The van der Waals surface area contributed by atoms with Crippen LogP contribution in [0.15, 0.2) is 83.7 Å². The summed E-state index contributed by atoms with van der Waals surface area (Å²) < 4.78 is 1.55. The first kappa shape index (κ1) is 18.2. The predicted molar refractivity (Wildman–Crippen MR) is 121 cm³/mol. The normalized spacial score (nSPS) is 12.8. The zero-order valence-electron chi connectivity index (χ0n) is 16.6. The molecule has 30 heavy (non-hydrogen) atoms. The zero-order valence-corrected chi connectivity index (χ0v) is 16.6. The Bertz CT molecular complexity index is 1320. The number of para-hydroxylation sites is 2. The summed E-state index contributed by atoms with van der Waals surface area (Å²) in [5, 5.41) is 3.68. The second kappa shape index (κ2) is 7.19. The molecule has 0 saturated carbocycles. The van der Waals surface area contributed by atoms with Crippen LogP contribution in [0.25, 0.3) is 10.9 Å². The van der Waals surface area contributed by atoms with E-state index in [-0.39, 0.29) is 11.5 Å². The molecule has 0 aliphatic carbocycles. The standard InChI is InChI=1S/C25H21N3O2/c1-27-23-9-5-3-7-20(23)21(16-24(27)29)25(30)26-18-10-12-19(13-11-18)28-15-14-17-6-2-4-8-22(17)28/h2-13,16H,14-15H2,1H3,(H,26,30). The minimum absolute atomic E-state index is 0.207. The highest BCUT2D eigenvalue weighted by Gasteiger charge is 2.20. The Labute approximate surface area is 174 Å². The summed E-state index contributed by atoms with van der Waals surface area (Å²) in [5.41, 5.74) is 5.29. The van der Waals surface area contributed by atoms with Gasteiger partial charge in [-0.15, -0.1) is 0 Å². The van der Waals surface area contributed by atoms with Crippen LogP contribution in [0, 0.1) is 0 Å². The molecule has 0 bridgehead atoms. The molecule has 0 unspecified atom stereocenters. The van der Waals surface area contributed by atoms with E-state index >= 15 is 0 Å². The second-order valence-corrected chi connectivity index (χ2v) is 7.50. The third-order valence-corrected chi connectivity index (χ3v) is 5.72. The number of nitrogens with zero attached hydrogens (tertiary/aromatic N) is 2. The highest BCUT2D eigenvalue weighted by molar-refractivity contribution is 6.12. The van der Waals surface area contributed by atoms with Gasteiger partial charge >= 0.3 is 0 Å². The lowest BCUT2D eigenvalue weighted by Crippen LogP contribution is -2.21. The van der Waals surface area contributed by atoms with E-state index in [1.165, 1.54) is 17.3 Å². The fraction of sp³-hybridized carbons (Fsp3) is 0.120. The molecule has 1 aliphatic heterocycles. The van der Waals surface area contributed by atoms with Crippen molar-refractivity contribution < 1.29 is 4.79 Å². The number of anilines is 3. The fourth-order valence-electron chi connectivity index (χ4n) is 4.13. The number of pyridine rings is 1. The van der Waals surface area contributed by atoms with E-state index in [2.05, 4.69) is 34.5 Å². The summed E-state index contributed by atoms with van der Waals surface area (Å²) in [7, 11) is 1.71. The van der Waals surface area contributed by atoms with Crippen LogP contribution in [-0.2, 0) is 13.5 Å². The highest BCUT2D eigenvalue weighted by atomic mass is 16.2. The van der Waals surface area contributed by atoms with Crippen LogP contribution in [-0.4, -0.2) is 17.0 Å². The van der Waals surface area contributed by atoms with E-state index in [1.54, 1.807) is 11.6 Å². The molecule has 148 valence electrons. The van der Waals surface area contributed by atoms with Crippen molar-refractivity contribution in [3.05, 3.63) is 100 Å². The second-order valence-electron chi connectivity index (χ2n) is 7.50. The van der Waals surface area contributed by atoms with Gasteiger partial charge in [-0.3, -0.25) is 9.59 Å². The van der Waals surface area contributed by atoms with Gasteiger partial charge in [0.2, 0.25) is 0 Å². The number of benzene rings is 3. The number of nitrogens with one attached hydrogen (secondary N) is 1. The minimum atomic E-state index is -0.289. The number of amides is 1. The number of fused-ring (bicyclic) bond motifs is 2. The van der Waals surface area contributed by atoms with Crippen LogP contribution in [0.4, 0.5) is 17.1 Å². The molecule has 3 aromatic carbocycles. The Morgan fingerprint density at radius 2 is 1.67 bits per heavy atom. The van der Waals surface area contributed by atoms with Crippen molar-refractivity contribution in [3.63, 3.8) is 0 Å². The molecule has 0 radical (unpaired) electrons. The number of rotatable bonds is 3. The first-order chi connectivity index (χ1) is 14.6. The molecule has 1 amide bonds. The highest BCUT2D eigenvalue weighted by Crippen LogP contribution is 2.34. The molecule has 5 rings (SSSR count). The molecule has 0 spiro atoms. The number of aryl methyl sites for hydroxylation is 1. The third kappa shape index (κ3) is 3.05. The number of carbonyl (C=O) groups is 1. The van der Waals surface area contributed by atoms with Crippen LogP contribution >= 0.6 is 0 Å². The van der Waals surface area contributed by atoms with Gasteiger partial charge in [0.25, 0.3) is 11.5 Å². The topological polar surface area (TPSA) is 54.3 Å². The summed E-state index contributed by atoms with van der Waals surface area (Å²) in [6.07, 6.45) is 1.03. The Balaban J connectivity index is 1.41. The van der Waals surface area contributed by atoms with Crippen LogP contribution < -0.4 is 15.8 Å². The molecule has 0 atom stereocenters. The monoisotopic (exact) mass is 395 g/mol. The molecule has 2 heterocycles. The van der Waals surface area contributed by atoms with Gasteiger partial charge in [0.05, 0.1) is 11.1 Å². The Morgan fingerprint density at radius 1 is 0.933 bits per heavy atom. The van der Waals surface area contributed by atoms with Gasteiger partial charge in [-0.25, -0.2) is 0 Å². The zero-order chi connectivity index (χ0) is 20.7. The molecule has 1 aromatic heterocycles. The van der Waals surface area contributed by atoms with Crippen molar-refractivity contribution in [1.29, 1.82) is 0 Å². The largest absolute Gasteiger partial charge is 0.341 e. The smallest absolute Gasteiger partial charge is 0.256 e. The van der Waals surface area contributed by atoms with Gasteiger partial charge in [0, 0.05) is 42.1 Å². The molecule has 4 aromatic rings. The first-order valence-corrected chi connectivity index (χ1v) is 9.97. The maximum Gasteiger partial charge on any atom is 0.256 e. The maximum absolute atomic E-state index is 12.9. The molecular weight excluding hydrogens is 374 g/mol. The van der Waals surface area contributed by atoms with Crippen molar-refractivity contribution in [3.8, 4) is 0 Å². The van der Waals surface area contributed by atoms with Gasteiger partial charge in [-0.05, 0) is 48.4 Å². The van der Waals surface area contributed by atoms with Gasteiger partial charge in [-0.1, -0.05) is 36.4 Å². The minimum Gasteiger partial charge on any atom is -0.341 e. The lowest BCUT2D eigenvalue weighted by molar-refractivity contribution is 0.102. The van der Waals surface area contributed by atoms with Crippen LogP contribution in [0.2, 0.25) is 0 Å². The Morgan fingerprint density at radius 3 is 2.50 bits per heavy atom. The summed E-state index contributed by atoms with van der Waals surface area (Å²) in [5.74, 6) is -0.289. The molecule has 5 nitrogen and oxygen atoms in total. The number of hydrogen-bond acceptors (Lipinski definition) is 3. The molecular formula is C25H21N3O2. The summed E-state index contributed by atoms with van der Waals surface area (Å²) >= 11 is 0. The Kier molecular flexibility index (Phi) is 4.36. The van der Waals surface area contributed by atoms with E-state index in [1.807, 2.05) is 48.5 Å². The lowest BCUT2D eigenvalue weighted by Gasteiger charge is -2.20. The quantitative estimate of drug-likeness (QED) is 0.556. The van der Waals surface area contributed by atoms with Crippen LogP contribution in [0.3, 0.4) is 0 Å². The predicted octanol–water partition coefficient (Wildman–Crippen LogP) is 4.49. The summed E-state index contributed by atoms with van der Waals surface area (Å²) in [6, 6.07) is 25.1. The number of carbonyl (C=O) groups excluding carboxylic acids is 1. The van der Waals surface area contributed by atoms with Crippen LogP contribution in [0.5, 0.6) is 0 Å². The number of hydrogen-bond donors (Lipinski definition) is 1. The van der Waals surface area contributed by atoms with Crippen molar-refractivity contribution in [2.75, 3.05) is 16.8 Å². The van der Waals surface area contributed by atoms with Crippen molar-refractivity contribution in [1.82, 2.24) is 4.57 Å². The van der Waals surface area contributed by atoms with Crippen molar-refractivity contribution >= 4 is 33.9 Å². The summed E-state index contributed by atoms with van der Waals surface area (Å²) in [6.45, 7) is 0.949. The van der Waals surface area contributed by atoms with Gasteiger partial charge < -0.3 is 14.8 Å². The van der Waals surface area contributed by atoms with Crippen molar-refractivity contribution in [2.24, 2.45) is 7.05 Å². The van der Waals surface area contributed by atoms with E-state index < -0.39 is 0 Å². The Hall–Kier alpha value is -3.86. The van der Waals surface area contributed by atoms with E-state index in [0.717, 1.165) is 29.6 Å². The van der Waals surface area contributed by atoms with Gasteiger partial charge in [0.1, 0.15) is 0 Å². The molecule has 5 heteroatoms. The van der Waals surface area contributed by atoms with Gasteiger partial charge in [-0.2, -0.15) is 0 Å². The SMILES string of the molecule is Cn1c(=O)cc(C(=O)Nc2ccc(N3CCc4ccccc43)cc2)c2ccccc21. The average Bonchev–Trinajstić information content (AvgIpc) is 3.21. The van der Waals surface area contributed by atoms with E-state index in [4.69, 9.17) is 0 Å². The number of aromatic nitrogens is 1. The molecule has 1 N–H and O–H groups in total. The van der Waals surface area contributed by atoms with E-state index in [9.17, 15) is 9.59 Å².